The number of nitrogens with zero attached hydrogens (tertiary/aromatic N) is 3. The van der Waals surface area contributed by atoms with Gasteiger partial charge in [-0.1, -0.05) is 0 Å². The predicted molar refractivity (Wildman–Crippen MR) is 59.9 cm³/mol. The average Bonchev–Trinajstić information content (AvgIpc) is 2.99. The van der Waals surface area contributed by atoms with Crippen molar-refractivity contribution in [2.24, 2.45) is 0 Å². The van der Waals surface area contributed by atoms with Gasteiger partial charge in [0.15, 0.2) is 0 Å². The molecule has 0 N–H and O–H groups in total. The fourth-order valence-electron chi connectivity index (χ4n) is 1.56. The summed E-state index contributed by atoms with van der Waals surface area (Å²) in [7, 11) is 0. The molecule has 3 nitrogen and oxygen atoms in total. The van der Waals surface area contributed by atoms with E-state index in [1.165, 1.54) is 24.4 Å². The Morgan fingerprint density at radius 2 is 2.27 bits per heavy atom. The highest BCUT2D eigenvalue weighted by Crippen LogP contribution is 2.40. The van der Waals surface area contributed by atoms with Gasteiger partial charge in [-0.05, 0) is 42.9 Å². The van der Waals surface area contributed by atoms with E-state index in [-0.39, 0.29) is 0 Å². The second kappa shape index (κ2) is 3.38. The maximum Gasteiger partial charge on any atom is 0.146 e. The molecule has 1 fully saturated rings. The van der Waals surface area contributed by atoms with Gasteiger partial charge in [0.25, 0.3) is 0 Å². The topological polar surface area (TPSA) is 38.7 Å². The third-order valence-electron chi connectivity index (χ3n) is 2.63. The van der Waals surface area contributed by atoms with Crippen molar-refractivity contribution in [2.45, 2.75) is 25.7 Å². The summed E-state index contributed by atoms with van der Waals surface area (Å²) in [5.41, 5.74) is 2.32. The Balaban J connectivity index is 2.01. The summed E-state index contributed by atoms with van der Waals surface area (Å²) in [4.78, 5) is 8.66. The van der Waals surface area contributed by atoms with Gasteiger partial charge in [0.1, 0.15) is 10.8 Å². The van der Waals surface area contributed by atoms with Gasteiger partial charge in [-0.15, -0.1) is 0 Å². The van der Waals surface area contributed by atoms with Gasteiger partial charge in [-0.25, -0.2) is 4.98 Å². The first kappa shape index (κ1) is 8.97. The van der Waals surface area contributed by atoms with Crippen molar-refractivity contribution in [1.29, 1.82) is 0 Å². The molecule has 4 heteroatoms. The molecule has 0 spiro atoms. The van der Waals surface area contributed by atoms with Gasteiger partial charge in [-0.2, -0.15) is 4.37 Å². The van der Waals surface area contributed by atoms with E-state index in [0.717, 1.165) is 22.0 Å². The highest BCUT2D eigenvalue weighted by atomic mass is 32.1. The molecule has 1 aliphatic rings. The van der Waals surface area contributed by atoms with E-state index in [9.17, 15) is 0 Å². The van der Waals surface area contributed by atoms with E-state index >= 15 is 0 Å². The van der Waals surface area contributed by atoms with Crippen LogP contribution in [-0.4, -0.2) is 14.3 Å². The minimum absolute atomic E-state index is 0.636. The van der Waals surface area contributed by atoms with Crippen molar-refractivity contribution in [3.63, 3.8) is 0 Å². The fourth-order valence-corrected chi connectivity index (χ4v) is 2.40. The van der Waals surface area contributed by atoms with Crippen molar-refractivity contribution < 1.29 is 0 Å². The van der Waals surface area contributed by atoms with Crippen molar-refractivity contribution in [3.05, 3.63) is 29.8 Å². The molecule has 0 radical (unpaired) electrons. The molecular formula is C11H11N3S. The largest absolute Gasteiger partial charge is 0.264 e. The molecular weight excluding hydrogens is 206 g/mol. The summed E-state index contributed by atoms with van der Waals surface area (Å²) < 4.78 is 4.41. The van der Waals surface area contributed by atoms with E-state index in [1.54, 1.807) is 6.20 Å². The Bertz CT molecular complexity index is 488. The second-order valence-electron chi connectivity index (χ2n) is 3.92. The van der Waals surface area contributed by atoms with Gasteiger partial charge in [-0.3, -0.25) is 4.98 Å². The molecule has 1 aliphatic carbocycles. The van der Waals surface area contributed by atoms with Gasteiger partial charge >= 0.3 is 0 Å². The highest BCUT2D eigenvalue weighted by Gasteiger charge is 2.28. The minimum atomic E-state index is 0.636. The van der Waals surface area contributed by atoms with Crippen LogP contribution in [0.1, 0.15) is 30.1 Å². The van der Waals surface area contributed by atoms with Crippen LogP contribution < -0.4 is 0 Å². The lowest BCUT2D eigenvalue weighted by Crippen LogP contribution is -1.85. The van der Waals surface area contributed by atoms with Gasteiger partial charge in [0.2, 0.25) is 0 Å². The van der Waals surface area contributed by atoms with Gasteiger partial charge < -0.3 is 0 Å². The molecule has 0 unspecified atom stereocenters. The smallest absolute Gasteiger partial charge is 0.146 e. The number of aryl methyl sites for hydroxylation is 1. The third-order valence-corrected chi connectivity index (χ3v) is 3.40. The maximum atomic E-state index is 4.58. The summed E-state index contributed by atoms with van der Waals surface area (Å²) in [6, 6.07) is 2.01. The SMILES string of the molecule is Cc1cnccc1-c1nc(C2CC2)ns1. The van der Waals surface area contributed by atoms with Crippen LogP contribution in [-0.2, 0) is 0 Å². The zero-order valence-corrected chi connectivity index (χ0v) is 9.29. The Labute approximate surface area is 92.4 Å². The summed E-state index contributed by atoms with van der Waals surface area (Å²) in [6.45, 7) is 2.06. The van der Waals surface area contributed by atoms with Crippen LogP contribution in [0.4, 0.5) is 0 Å². The van der Waals surface area contributed by atoms with Crippen LogP contribution in [0.15, 0.2) is 18.5 Å². The summed E-state index contributed by atoms with van der Waals surface area (Å²) in [5.74, 6) is 1.67. The van der Waals surface area contributed by atoms with E-state index in [1.807, 2.05) is 12.3 Å². The Morgan fingerprint density at radius 1 is 1.40 bits per heavy atom. The lowest BCUT2D eigenvalue weighted by Gasteiger charge is -1.98. The number of pyridine rings is 1. The van der Waals surface area contributed by atoms with Crippen molar-refractivity contribution in [1.82, 2.24) is 14.3 Å². The summed E-state index contributed by atoms with van der Waals surface area (Å²) >= 11 is 1.50. The molecule has 15 heavy (non-hydrogen) atoms. The van der Waals surface area contributed by atoms with Crippen LogP contribution in [0.3, 0.4) is 0 Å². The fraction of sp³-hybridized carbons (Fsp3) is 0.364. The zero-order chi connectivity index (χ0) is 10.3. The number of rotatable bonds is 2. The number of hydrogen-bond donors (Lipinski definition) is 0. The first-order valence-corrected chi connectivity index (χ1v) is 5.86. The zero-order valence-electron chi connectivity index (χ0n) is 8.47. The van der Waals surface area contributed by atoms with E-state index < -0.39 is 0 Å². The Morgan fingerprint density at radius 3 is 3.00 bits per heavy atom. The average molecular weight is 217 g/mol. The molecule has 2 heterocycles. The van der Waals surface area contributed by atoms with Crippen LogP contribution in [0.5, 0.6) is 0 Å². The summed E-state index contributed by atoms with van der Waals surface area (Å²) in [6.07, 6.45) is 6.19. The predicted octanol–water partition coefficient (Wildman–Crippen LogP) is 2.79. The Kier molecular flexibility index (Phi) is 2.02. The molecule has 76 valence electrons. The first-order chi connectivity index (χ1) is 7.34. The molecule has 2 aromatic rings. The Hall–Kier alpha value is -1.29. The molecule has 0 amide bonds. The second-order valence-corrected chi connectivity index (χ2v) is 4.67. The molecule has 0 atom stereocenters. The molecule has 0 aliphatic heterocycles. The van der Waals surface area contributed by atoms with Crippen molar-refractivity contribution in [2.75, 3.05) is 0 Å². The van der Waals surface area contributed by atoms with E-state index in [2.05, 4.69) is 21.3 Å². The monoisotopic (exact) mass is 217 g/mol. The van der Waals surface area contributed by atoms with E-state index in [0.29, 0.717) is 5.92 Å². The molecule has 2 aromatic heterocycles. The molecule has 1 saturated carbocycles. The maximum absolute atomic E-state index is 4.58. The van der Waals surface area contributed by atoms with E-state index in [4.69, 9.17) is 0 Å². The first-order valence-electron chi connectivity index (χ1n) is 5.09. The minimum Gasteiger partial charge on any atom is -0.264 e. The standard InChI is InChI=1S/C11H11N3S/c1-7-6-12-5-4-9(7)11-13-10(14-15-11)8-2-3-8/h4-6,8H,2-3H2,1H3. The van der Waals surface area contributed by atoms with Crippen molar-refractivity contribution in [3.8, 4) is 10.6 Å². The number of hydrogen-bond acceptors (Lipinski definition) is 4. The summed E-state index contributed by atoms with van der Waals surface area (Å²) in [5, 5.41) is 1.02. The third kappa shape index (κ3) is 1.65. The quantitative estimate of drug-likeness (QED) is 0.776. The normalized spacial score (nSPS) is 15.5. The molecule has 0 aromatic carbocycles. The molecule has 0 saturated heterocycles. The molecule has 3 rings (SSSR count). The van der Waals surface area contributed by atoms with Crippen LogP contribution in [0, 0.1) is 6.92 Å². The number of aromatic nitrogens is 3. The van der Waals surface area contributed by atoms with Gasteiger partial charge in [0, 0.05) is 23.9 Å². The van der Waals surface area contributed by atoms with Gasteiger partial charge in [0.05, 0.1) is 0 Å². The van der Waals surface area contributed by atoms with Crippen LogP contribution in [0.25, 0.3) is 10.6 Å². The molecule has 0 bridgehead atoms. The lowest BCUT2D eigenvalue weighted by molar-refractivity contribution is 0.987. The van der Waals surface area contributed by atoms with Crippen molar-refractivity contribution >= 4 is 11.5 Å². The highest BCUT2D eigenvalue weighted by molar-refractivity contribution is 7.09. The lowest BCUT2D eigenvalue weighted by atomic mass is 10.2. The van der Waals surface area contributed by atoms with Crippen LogP contribution in [0.2, 0.25) is 0 Å². The van der Waals surface area contributed by atoms with Crippen LogP contribution >= 0.6 is 11.5 Å².